The SMILES string of the molecule is CC(C)Cn1c(N)c(-c2csc(Nc3ccccc3)n2)c(=O)n(C)c1=O. The van der Waals surface area contributed by atoms with Gasteiger partial charge in [0.2, 0.25) is 0 Å². The molecule has 0 aliphatic heterocycles. The van der Waals surface area contributed by atoms with Crippen LogP contribution in [0.3, 0.4) is 0 Å². The number of hydrogen-bond acceptors (Lipinski definition) is 6. The molecule has 0 radical (unpaired) electrons. The maximum Gasteiger partial charge on any atom is 0.332 e. The summed E-state index contributed by atoms with van der Waals surface area (Å²) in [5, 5.41) is 5.61. The molecule has 136 valence electrons. The standard InChI is InChI=1S/C18H21N5O2S/c1-11(2)9-23-15(19)14(16(24)22(3)18(23)25)13-10-26-17(21-13)20-12-7-5-4-6-8-12/h4-8,10-11H,9,19H2,1-3H3,(H,20,21). The van der Waals surface area contributed by atoms with Crippen LogP contribution in [0.4, 0.5) is 16.6 Å². The second kappa shape index (κ2) is 7.17. The highest BCUT2D eigenvalue weighted by atomic mass is 32.1. The van der Waals surface area contributed by atoms with Crippen LogP contribution < -0.4 is 22.3 Å². The van der Waals surface area contributed by atoms with Crippen LogP contribution in [0.15, 0.2) is 45.3 Å². The summed E-state index contributed by atoms with van der Waals surface area (Å²) in [4.78, 5) is 29.5. The molecule has 0 unspecified atom stereocenters. The lowest BCUT2D eigenvalue weighted by Crippen LogP contribution is -2.41. The fourth-order valence-electron chi connectivity index (χ4n) is 2.66. The van der Waals surface area contributed by atoms with E-state index < -0.39 is 11.2 Å². The molecule has 2 aromatic heterocycles. The van der Waals surface area contributed by atoms with Crippen molar-refractivity contribution in [3.63, 3.8) is 0 Å². The van der Waals surface area contributed by atoms with Gasteiger partial charge < -0.3 is 11.1 Å². The van der Waals surface area contributed by atoms with Gasteiger partial charge in [0.05, 0.1) is 5.69 Å². The van der Waals surface area contributed by atoms with Crippen molar-refractivity contribution in [3.8, 4) is 11.3 Å². The third-order valence-corrected chi connectivity index (χ3v) is 4.67. The highest BCUT2D eigenvalue weighted by Crippen LogP contribution is 2.28. The topological polar surface area (TPSA) is 94.9 Å². The van der Waals surface area contributed by atoms with E-state index in [0.29, 0.717) is 17.4 Å². The number of nitrogen functional groups attached to an aromatic ring is 1. The summed E-state index contributed by atoms with van der Waals surface area (Å²) in [6.45, 7) is 4.41. The van der Waals surface area contributed by atoms with Crippen molar-refractivity contribution in [1.82, 2.24) is 14.1 Å². The third kappa shape index (κ3) is 3.41. The minimum Gasteiger partial charge on any atom is -0.384 e. The summed E-state index contributed by atoms with van der Waals surface area (Å²) in [5.41, 5.74) is 6.95. The molecule has 0 bridgehead atoms. The van der Waals surface area contributed by atoms with Crippen molar-refractivity contribution in [3.05, 3.63) is 56.5 Å². The molecule has 0 aliphatic carbocycles. The van der Waals surface area contributed by atoms with Crippen LogP contribution in [-0.4, -0.2) is 14.1 Å². The van der Waals surface area contributed by atoms with Crippen molar-refractivity contribution < 1.29 is 0 Å². The average molecular weight is 371 g/mol. The van der Waals surface area contributed by atoms with Gasteiger partial charge in [-0.1, -0.05) is 32.0 Å². The predicted octanol–water partition coefficient (Wildman–Crippen LogP) is 2.65. The van der Waals surface area contributed by atoms with Gasteiger partial charge in [0.1, 0.15) is 11.4 Å². The monoisotopic (exact) mass is 371 g/mol. The van der Waals surface area contributed by atoms with Gasteiger partial charge in [0.25, 0.3) is 5.56 Å². The molecule has 7 nitrogen and oxygen atoms in total. The molecular formula is C18H21N5O2S. The lowest BCUT2D eigenvalue weighted by Gasteiger charge is -2.15. The molecule has 3 rings (SSSR count). The van der Waals surface area contributed by atoms with Crippen LogP contribution in [0.5, 0.6) is 0 Å². The van der Waals surface area contributed by atoms with Crippen LogP contribution in [0.2, 0.25) is 0 Å². The van der Waals surface area contributed by atoms with E-state index in [2.05, 4.69) is 10.3 Å². The van der Waals surface area contributed by atoms with Crippen LogP contribution in [0.1, 0.15) is 13.8 Å². The number of benzene rings is 1. The number of para-hydroxylation sites is 1. The Labute approximate surface area is 154 Å². The largest absolute Gasteiger partial charge is 0.384 e. The summed E-state index contributed by atoms with van der Waals surface area (Å²) in [6, 6.07) is 9.63. The average Bonchev–Trinajstić information content (AvgIpc) is 3.06. The summed E-state index contributed by atoms with van der Waals surface area (Å²) in [5.74, 6) is 0.370. The molecule has 0 amide bonds. The zero-order chi connectivity index (χ0) is 18.8. The molecule has 0 saturated carbocycles. The smallest absolute Gasteiger partial charge is 0.332 e. The lowest BCUT2D eigenvalue weighted by molar-refractivity contribution is 0.494. The van der Waals surface area contributed by atoms with Gasteiger partial charge in [-0.15, -0.1) is 11.3 Å². The molecule has 0 saturated heterocycles. The van der Waals surface area contributed by atoms with Crippen molar-refractivity contribution in [2.24, 2.45) is 13.0 Å². The number of anilines is 3. The minimum absolute atomic E-state index is 0.156. The molecule has 26 heavy (non-hydrogen) atoms. The van der Waals surface area contributed by atoms with E-state index in [0.717, 1.165) is 10.3 Å². The molecule has 3 N–H and O–H groups in total. The van der Waals surface area contributed by atoms with Crippen molar-refractivity contribution >= 4 is 28.0 Å². The maximum absolute atomic E-state index is 12.6. The van der Waals surface area contributed by atoms with E-state index in [4.69, 9.17) is 5.73 Å². The number of aromatic nitrogens is 3. The van der Waals surface area contributed by atoms with Gasteiger partial charge in [-0.25, -0.2) is 9.78 Å². The zero-order valence-electron chi connectivity index (χ0n) is 14.9. The van der Waals surface area contributed by atoms with Crippen molar-refractivity contribution in [2.45, 2.75) is 20.4 Å². The molecule has 0 aliphatic rings. The van der Waals surface area contributed by atoms with E-state index in [1.54, 1.807) is 5.38 Å². The van der Waals surface area contributed by atoms with Crippen LogP contribution in [-0.2, 0) is 13.6 Å². The fourth-order valence-corrected chi connectivity index (χ4v) is 3.38. The molecule has 0 spiro atoms. The van der Waals surface area contributed by atoms with Gasteiger partial charge in [-0.2, -0.15) is 0 Å². The molecule has 2 heterocycles. The van der Waals surface area contributed by atoms with Gasteiger partial charge in [0.15, 0.2) is 5.13 Å². The maximum atomic E-state index is 12.6. The van der Waals surface area contributed by atoms with Gasteiger partial charge in [0, 0.05) is 24.7 Å². The van der Waals surface area contributed by atoms with Gasteiger partial charge >= 0.3 is 5.69 Å². The summed E-state index contributed by atoms with van der Waals surface area (Å²) < 4.78 is 2.52. The zero-order valence-corrected chi connectivity index (χ0v) is 15.7. The lowest BCUT2D eigenvalue weighted by atomic mass is 10.2. The van der Waals surface area contributed by atoms with E-state index >= 15 is 0 Å². The van der Waals surface area contributed by atoms with Crippen LogP contribution in [0, 0.1) is 5.92 Å². The number of rotatable bonds is 5. The quantitative estimate of drug-likeness (QED) is 0.719. The molecule has 8 heteroatoms. The normalized spacial score (nSPS) is 11.1. The summed E-state index contributed by atoms with van der Waals surface area (Å²) in [6.07, 6.45) is 0. The minimum atomic E-state index is -0.441. The Bertz CT molecular complexity index is 1030. The van der Waals surface area contributed by atoms with Crippen molar-refractivity contribution in [1.29, 1.82) is 0 Å². The van der Waals surface area contributed by atoms with Gasteiger partial charge in [-0.3, -0.25) is 13.9 Å². The van der Waals surface area contributed by atoms with E-state index in [1.807, 2.05) is 44.2 Å². The Kier molecular flexibility index (Phi) is 4.94. The first-order chi connectivity index (χ1) is 12.4. The van der Waals surface area contributed by atoms with E-state index in [9.17, 15) is 9.59 Å². The van der Waals surface area contributed by atoms with Crippen molar-refractivity contribution in [2.75, 3.05) is 11.1 Å². The molecule has 0 atom stereocenters. The predicted molar refractivity (Wildman–Crippen MR) is 106 cm³/mol. The first kappa shape index (κ1) is 17.9. The number of nitrogens with two attached hydrogens (primary N) is 1. The van der Waals surface area contributed by atoms with Crippen LogP contribution in [0.25, 0.3) is 11.3 Å². The second-order valence-corrected chi connectivity index (χ2v) is 7.30. The highest BCUT2D eigenvalue weighted by Gasteiger charge is 2.19. The summed E-state index contributed by atoms with van der Waals surface area (Å²) >= 11 is 1.37. The molecular weight excluding hydrogens is 350 g/mol. The van der Waals surface area contributed by atoms with E-state index in [-0.39, 0.29) is 17.3 Å². The fraction of sp³-hybridized carbons (Fsp3) is 0.278. The first-order valence-electron chi connectivity index (χ1n) is 8.25. The third-order valence-electron chi connectivity index (χ3n) is 3.92. The van der Waals surface area contributed by atoms with Crippen LogP contribution >= 0.6 is 11.3 Å². The second-order valence-electron chi connectivity index (χ2n) is 6.44. The molecule has 3 aromatic rings. The van der Waals surface area contributed by atoms with Gasteiger partial charge in [-0.05, 0) is 18.1 Å². The highest BCUT2D eigenvalue weighted by molar-refractivity contribution is 7.14. The molecule has 1 aromatic carbocycles. The van der Waals surface area contributed by atoms with E-state index in [1.165, 1.54) is 23.0 Å². The first-order valence-corrected chi connectivity index (χ1v) is 9.13. The Hall–Kier alpha value is -2.87. The summed E-state index contributed by atoms with van der Waals surface area (Å²) in [7, 11) is 1.46. The number of hydrogen-bond donors (Lipinski definition) is 2. The Morgan fingerprint density at radius 1 is 1.23 bits per heavy atom. The number of thiazole rings is 1. The number of nitrogens with one attached hydrogen (secondary N) is 1. The Balaban J connectivity index is 2.06. The number of nitrogens with zero attached hydrogens (tertiary/aromatic N) is 3. The Morgan fingerprint density at radius 2 is 1.92 bits per heavy atom. The molecule has 0 fully saturated rings. The Morgan fingerprint density at radius 3 is 2.58 bits per heavy atom.